The molecule has 2 heterocycles. The van der Waals surface area contributed by atoms with Gasteiger partial charge in [-0.3, -0.25) is 14.2 Å². The Kier molecular flexibility index (Phi) is 3.21. The lowest BCUT2D eigenvalue weighted by Crippen LogP contribution is -2.23. The van der Waals surface area contributed by atoms with Crippen molar-refractivity contribution in [3.8, 4) is 11.1 Å². The lowest BCUT2D eigenvalue weighted by atomic mass is 9.93. The van der Waals surface area contributed by atoms with Gasteiger partial charge in [0.25, 0.3) is 0 Å². The van der Waals surface area contributed by atoms with Crippen LogP contribution in [0.5, 0.6) is 0 Å². The number of benzene rings is 2. The predicted molar refractivity (Wildman–Crippen MR) is 88.2 cm³/mol. The largest absolute Gasteiger partial charge is 0.366 e. The minimum Gasteiger partial charge on any atom is -0.366 e. The SMILES string of the molecule is NC(=O)c1c(-c2ccc(F)cc2)cc2c3c1ccn3C(=O)CNC2. The lowest BCUT2D eigenvalue weighted by Gasteiger charge is -2.13. The van der Waals surface area contributed by atoms with Gasteiger partial charge in [-0.2, -0.15) is 0 Å². The van der Waals surface area contributed by atoms with Gasteiger partial charge in [-0.15, -0.1) is 0 Å². The van der Waals surface area contributed by atoms with Crippen LogP contribution in [-0.2, 0) is 6.54 Å². The van der Waals surface area contributed by atoms with Crippen molar-refractivity contribution in [2.75, 3.05) is 6.54 Å². The molecule has 1 aliphatic heterocycles. The molecule has 1 aliphatic rings. The molecule has 6 heteroatoms. The molecule has 0 aliphatic carbocycles. The number of carbonyl (C=O) groups excluding carboxylic acids is 2. The number of carbonyl (C=O) groups is 2. The van der Waals surface area contributed by atoms with E-state index in [9.17, 15) is 14.0 Å². The molecule has 0 bridgehead atoms. The molecule has 0 spiro atoms. The Hall–Kier alpha value is -2.99. The van der Waals surface area contributed by atoms with E-state index < -0.39 is 5.91 Å². The molecule has 0 saturated carbocycles. The molecule has 0 unspecified atom stereocenters. The summed E-state index contributed by atoms with van der Waals surface area (Å²) < 4.78 is 14.8. The van der Waals surface area contributed by atoms with Crippen molar-refractivity contribution in [1.29, 1.82) is 0 Å². The third kappa shape index (κ3) is 2.11. The highest BCUT2D eigenvalue weighted by Crippen LogP contribution is 2.34. The van der Waals surface area contributed by atoms with Crippen LogP contribution in [0, 0.1) is 5.82 Å². The minimum atomic E-state index is -0.580. The standard InChI is InChI=1S/C18H14FN3O2/c19-12-3-1-10(2-4-12)14-7-11-8-21-9-15(23)22-6-5-13(17(11)22)16(14)18(20)24/h1-7,21H,8-9H2,(H2,20,24). The molecule has 4 rings (SSSR count). The van der Waals surface area contributed by atoms with Gasteiger partial charge in [0.2, 0.25) is 11.8 Å². The zero-order valence-corrected chi connectivity index (χ0v) is 12.7. The summed E-state index contributed by atoms with van der Waals surface area (Å²) >= 11 is 0. The van der Waals surface area contributed by atoms with E-state index in [4.69, 9.17) is 5.73 Å². The molecular weight excluding hydrogens is 309 g/mol. The number of aromatic nitrogens is 1. The smallest absolute Gasteiger partial charge is 0.250 e. The van der Waals surface area contributed by atoms with Crippen molar-refractivity contribution < 1.29 is 14.0 Å². The zero-order valence-electron chi connectivity index (χ0n) is 12.7. The van der Waals surface area contributed by atoms with Gasteiger partial charge in [-0.25, -0.2) is 4.39 Å². The average Bonchev–Trinajstić information content (AvgIpc) is 2.92. The summed E-state index contributed by atoms with van der Waals surface area (Å²) in [5.41, 5.74) is 8.89. The van der Waals surface area contributed by atoms with Gasteiger partial charge < -0.3 is 11.1 Å². The number of primary amides is 1. The van der Waals surface area contributed by atoms with Crippen LogP contribution in [0.1, 0.15) is 20.7 Å². The summed E-state index contributed by atoms with van der Waals surface area (Å²) in [4.78, 5) is 24.3. The van der Waals surface area contributed by atoms with E-state index in [1.54, 1.807) is 29.0 Å². The molecule has 0 atom stereocenters. The Bertz CT molecular complexity index is 990. The summed E-state index contributed by atoms with van der Waals surface area (Å²) in [6.45, 7) is 0.718. The van der Waals surface area contributed by atoms with Crippen LogP contribution in [0.3, 0.4) is 0 Å². The maximum absolute atomic E-state index is 13.2. The molecule has 0 saturated heterocycles. The Balaban J connectivity index is 2.09. The normalized spacial score (nSPS) is 14.0. The van der Waals surface area contributed by atoms with Gasteiger partial charge in [-0.1, -0.05) is 12.1 Å². The van der Waals surface area contributed by atoms with Crippen LogP contribution in [0.15, 0.2) is 42.6 Å². The van der Waals surface area contributed by atoms with Gasteiger partial charge in [-0.05, 0) is 41.0 Å². The second kappa shape index (κ2) is 5.28. The fourth-order valence-electron chi connectivity index (χ4n) is 3.28. The van der Waals surface area contributed by atoms with Crippen molar-refractivity contribution in [2.24, 2.45) is 5.73 Å². The highest BCUT2D eigenvalue weighted by Gasteiger charge is 2.23. The number of amides is 1. The molecule has 0 fully saturated rings. The van der Waals surface area contributed by atoms with Crippen LogP contribution in [-0.4, -0.2) is 22.9 Å². The number of rotatable bonds is 2. The summed E-state index contributed by atoms with van der Waals surface area (Å²) in [5.74, 6) is -1.02. The molecule has 2 aromatic carbocycles. The number of halogens is 1. The van der Waals surface area contributed by atoms with Gasteiger partial charge in [0.05, 0.1) is 17.6 Å². The van der Waals surface area contributed by atoms with E-state index in [-0.39, 0.29) is 18.3 Å². The Morgan fingerprint density at radius 2 is 1.92 bits per heavy atom. The summed E-state index contributed by atoms with van der Waals surface area (Å²) in [6.07, 6.45) is 1.66. The molecule has 0 radical (unpaired) electrons. The Morgan fingerprint density at radius 3 is 2.62 bits per heavy atom. The summed E-state index contributed by atoms with van der Waals surface area (Å²) in [6, 6.07) is 9.49. The van der Waals surface area contributed by atoms with E-state index in [0.717, 1.165) is 5.56 Å². The quantitative estimate of drug-likeness (QED) is 0.759. The molecule has 1 aromatic heterocycles. The Labute approximate surface area is 136 Å². The maximum Gasteiger partial charge on any atom is 0.250 e. The van der Waals surface area contributed by atoms with E-state index in [2.05, 4.69) is 5.32 Å². The van der Waals surface area contributed by atoms with Crippen LogP contribution >= 0.6 is 0 Å². The molecule has 3 aromatic rings. The van der Waals surface area contributed by atoms with Crippen LogP contribution < -0.4 is 11.1 Å². The number of hydrogen-bond donors (Lipinski definition) is 2. The highest BCUT2D eigenvalue weighted by atomic mass is 19.1. The summed E-state index contributed by atoms with van der Waals surface area (Å²) in [7, 11) is 0. The van der Waals surface area contributed by atoms with E-state index in [1.165, 1.54) is 12.1 Å². The monoisotopic (exact) mass is 323 g/mol. The van der Waals surface area contributed by atoms with Crippen molar-refractivity contribution in [1.82, 2.24) is 9.88 Å². The topological polar surface area (TPSA) is 77.1 Å². The fourth-order valence-corrected chi connectivity index (χ4v) is 3.28. The zero-order chi connectivity index (χ0) is 16.8. The maximum atomic E-state index is 13.2. The number of hydrogen-bond acceptors (Lipinski definition) is 3. The van der Waals surface area contributed by atoms with Gasteiger partial charge >= 0.3 is 0 Å². The first kappa shape index (κ1) is 14.6. The van der Waals surface area contributed by atoms with E-state index >= 15 is 0 Å². The molecule has 3 N–H and O–H groups in total. The van der Waals surface area contributed by atoms with Crippen LogP contribution in [0.25, 0.3) is 22.0 Å². The molecule has 5 nitrogen and oxygen atoms in total. The molecule has 24 heavy (non-hydrogen) atoms. The van der Waals surface area contributed by atoms with Gasteiger partial charge in [0.1, 0.15) is 5.82 Å². The second-order valence-electron chi connectivity index (χ2n) is 5.77. The van der Waals surface area contributed by atoms with Gasteiger partial charge in [0, 0.05) is 18.1 Å². The van der Waals surface area contributed by atoms with E-state index in [0.29, 0.717) is 34.1 Å². The fraction of sp³-hybridized carbons (Fsp3) is 0.111. The first-order valence-corrected chi connectivity index (χ1v) is 7.53. The van der Waals surface area contributed by atoms with Crippen LogP contribution in [0.4, 0.5) is 4.39 Å². The lowest BCUT2D eigenvalue weighted by molar-refractivity contribution is 0.0919. The third-order valence-electron chi connectivity index (χ3n) is 4.31. The number of nitrogens with one attached hydrogen (secondary N) is 1. The number of nitrogens with two attached hydrogens (primary N) is 1. The number of nitrogens with zero attached hydrogens (tertiary/aromatic N) is 1. The molecular formula is C18H14FN3O2. The highest BCUT2D eigenvalue weighted by molar-refractivity contribution is 6.13. The Morgan fingerprint density at radius 1 is 1.17 bits per heavy atom. The van der Waals surface area contributed by atoms with Crippen molar-refractivity contribution in [3.63, 3.8) is 0 Å². The van der Waals surface area contributed by atoms with Crippen molar-refractivity contribution in [2.45, 2.75) is 6.54 Å². The molecule has 120 valence electrons. The average molecular weight is 323 g/mol. The van der Waals surface area contributed by atoms with Crippen LogP contribution in [0.2, 0.25) is 0 Å². The second-order valence-corrected chi connectivity index (χ2v) is 5.77. The van der Waals surface area contributed by atoms with Crippen molar-refractivity contribution >= 4 is 22.7 Å². The minimum absolute atomic E-state index is 0.0892. The van der Waals surface area contributed by atoms with E-state index in [1.807, 2.05) is 6.07 Å². The predicted octanol–water partition coefficient (Wildman–Crippen LogP) is 2.29. The van der Waals surface area contributed by atoms with Gasteiger partial charge in [0.15, 0.2) is 0 Å². The third-order valence-corrected chi connectivity index (χ3v) is 4.31. The van der Waals surface area contributed by atoms with Crippen molar-refractivity contribution in [3.05, 3.63) is 59.5 Å². The first-order chi connectivity index (χ1) is 11.6. The first-order valence-electron chi connectivity index (χ1n) is 7.53. The summed E-state index contributed by atoms with van der Waals surface area (Å²) in [5, 5.41) is 3.72. The molecule has 1 amide bonds.